The molecule has 0 N–H and O–H groups in total. The molecule has 0 bridgehead atoms. The van der Waals surface area contributed by atoms with E-state index in [1.54, 1.807) is 30.2 Å². The predicted octanol–water partition coefficient (Wildman–Crippen LogP) is 4.23. The van der Waals surface area contributed by atoms with Crippen LogP contribution in [0.5, 0.6) is 0 Å². The SMILES string of the molecule is Fc1ccccc1S[C@H]1CCO[C@@H](c2ccncc2)C1. The fraction of sp³-hybridized carbons (Fsp3) is 0.312. The third-order valence-electron chi connectivity index (χ3n) is 3.44. The third kappa shape index (κ3) is 3.19. The largest absolute Gasteiger partial charge is 0.373 e. The monoisotopic (exact) mass is 289 g/mol. The Kier molecular flexibility index (Phi) is 4.33. The van der Waals surface area contributed by atoms with Crippen molar-refractivity contribution in [1.29, 1.82) is 0 Å². The summed E-state index contributed by atoms with van der Waals surface area (Å²) >= 11 is 1.62. The number of halogens is 1. The predicted molar refractivity (Wildman–Crippen MR) is 78.2 cm³/mol. The highest BCUT2D eigenvalue weighted by Crippen LogP contribution is 2.37. The minimum Gasteiger partial charge on any atom is -0.373 e. The molecular weight excluding hydrogens is 273 g/mol. The molecule has 1 aliphatic heterocycles. The number of nitrogens with zero attached hydrogens (tertiary/aromatic N) is 1. The van der Waals surface area contributed by atoms with E-state index in [1.807, 2.05) is 24.3 Å². The van der Waals surface area contributed by atoms with Crippen LogP contribution < -0.4 is 0 Å². The summed E-state index contributed by atoms with van der Waals surface area (Å²) in [6, 6.07) is 10.9. The number of ether oxygens (including phenoxy) is 1. The molecule has 1 saturated heterocycles. The Balaban J connectivity index is 1.68. The van der Waals surface area contributed by atoms with Crippen molar-refractivity contribution in [2.24, 2.45) is 0 Å². The topological polar surface area (TPSA) is 22.1 Å². The lowest BCUT2D eigenvalue weighted by molar-refractivity contribution is 0.0178. The maximum atomic E-state index is 13.7. The number of pyridine rings is 1. The smallest absolute Gasteiger partial charge is 0.136 e. The van der Waals surface area contributed by atoms with Gasteiger partial charge in [0.2, 0.25) is 0 Å². The Morgan fingerprint density at radius 2 is 1.95 bits per heavy atom. The van der Waals surface area contributed by atoms with E-state index in [9.17, 15) is 4.39 Å². The van der Waals surface area contributed by atoms with Gasteiger partial charge in [-0.15, -0.1) is 11.8 Å². The molecule has 20 heavy (non-hydrogen) atoms. The van der Waals surface area contributed by atoms with Crippen LogP contribution in [0.4, 0.5) is 4.39 Å². The van der Waals surface area contributed by atoms with Gasteiger partial charge in [0, 0.05) is 29.1 Å². The van der Waals surface area contributed by atoms with Crippen molar-refractivity contribution in [3.8, 4) is 0 Å². The maximum absolute atomic E-state index is 13.7. The molecule has 0 saturated carbocycles. The second kappa shape index (κ2) is 6.37. The molecule has 0 amide bonds. The molecule has 1 aromatic carbocycles. The number of rotatable bonds is 3. The minimum atomic E-state index is -0.135. The quantitative estimate of drug-likeness (QED) is 0.844. The summed E-state index contributed by atoms with van der Waals surface area (Å²) in [5.41, 5.74) is 1.15. The first-order chi connectivity index (χ1) is 9.83. The van der Waals surface area contributed by atoms with E-state index in [4.69, 9.17) is 4.74 Å². The molecule has 104 valence electrons. The second-order valence-corrected chi connectivity index (χ2v) is 6.18. The van der Waals surface area contributed by atoms with Crippen LogP contribution >= 0.6 is 11.8 Å². The highest BCUT2D eigenvalue weighted by atomic mass is 32.2. The van der Waals surface area contributed by atoms with Gasteiger partial charge in [0.1, 0.15) is 5.82 Å². The van der Waals surface area contributed by atoms with E-state index >= 15 is 0 Å². The van der Waals surface area contributed by atoms with Gasteiger partial charge < -0.3 is 4.74 Å². The van der Waals surface area contributed by atoms with Crippen molar-refractivity contribution >= 4 is 11.8 Å². The molecule has 0 spiro atoms. The van der Waals surface area contributed by atoms with Gasteiger partial charge in [-0.1, -0.05) is 12.1 Å². The molecule has 2 nitrogen and oxygen atoms in total. The molecule has 0 aliphatic carbocycles. The molecular formula is C16H16FNOS. The van der Waals surface area contributed by atoms with E-state index in [1.165, 1.54) is 6.07 Å². The summed E-state index contributed by atoms with van der Waals surface area (Å²) in [5.74, 6) is -0.135. The van der Waals surface area contributed by atoms with Crippen LogP contribution in [0, 0.1) is 5.82 Å². The normalized spacial score (nSPS) is 22.6. The molecule has 1 aromatic heterocycles. The van der Waals surface area contributed by atoms with Gasteiger partial charge in [0.25, 0.3) is 0 Å². The number of aromatic nitrogens is 1. The van der Waals surface area contributed by atoms with E-state index in [0.29, 0.717) is 5.25 Å². The van der Waals surface area contributed by atoms with Crippen molar-refractivity contribution < 1.29 is 9.13 Å². The van der Waals surface area contributed by atoms with E-state index in [2.05, 4.69) is 4.98 Å². The third-order valence-corrected chi connectivity index (χ3v) is 4.79. The van der Waals surface area contributed by atoms with E-state index in [0.717, 1.165) is 29.9 Å². The van der Waals surface area contributed by atoms with Crippen LogP contribution in [0.2, 0.25) is 0 Å². The van der Waals surface area contributed by atoms with Gasteiger partial charge >= 0.3 is 0 Å². The first-order valence-corrected chi connectivity index (χ1v) is 7.63. The lowest BCUT2D eigenvalue weighted by Gasteiger charge is -2.29. The van der Waals surface area contributed by atoms with Gasteiger partial charge in [-0.25, -0.2) is 4.39 Å². The zero-order chi connectivity index (χ0) is 13.8. The Morgan fingerprint density at radius 3 is 2.75 bits per heavy atom. The molecule has 4 heteroatoms. The zero-order valence-corrected chi connectivity index (χ0v) is 11.9. The molecule has 2 aromatic rings. The summed E-state index contributed by atoms with van der Waals surface area (Å²) in [6.45, 7) is 0.721. The van der Waals surface area contributed by atoms with Gasteiger partial charge in [-0.05, 0) is 42.7 Å². The molecule has 1 aliphatic rings. The summed E-state index contributed by atoms with van der Waals surface area (Å²) in [4.78, 5) is 4.76. The van der Waals surface area contributed by atoms with Crippen molar-refractivity contribution in [3.63, 3.8) is 0 Å². The zero-order valence-electron chi connectivity index (χ0n) is 11.0. The second-order valence-electron chi connectivity index (χ2n) is 4.83. The van der Waals surface area contributed by atoms with Crippen LogP contribution in [0.3, 0.4) is 0 Å². The summed E-state index contributed by atoms with van der Waals surface area (Å²) in [6.07, 6.45) is 5.53. The summed E-state index contributed by atoms with van der Waals surface area (Å²) in [5, 5.41) is 0.388. The van der Waals surface area contributed by atoms with Gasteiger partial charge in [-0.2, -0.15) is 0 Å². The minimum absolute atomic E-state index is 0.0935. The molecule has 1 fully saturated rings. The molecule has 3 rings (SSSR count). The van der Waals surface area contributed by atoms with Crippen LogP contribution in [0.1, 0.15) is 24.5 Å². The Bertz CT molecular complexity index is 563. The Hall–Kier alpha value is -1.39. The summed E-state index contributed by atoms with van der Waals surface area (Å²) in [7, 11) is 0. The maximum Gasteiger partial charge on any atom is 0.136 e. The number of hydrogen-bond acceptors (Lipinski definition) is 3. The molecule has 0 unspecified atom stereocenters. The lowest BCUT2D eigenvalue weighted by Crippen LogP contribution is -2.21. The van der Waals surface area contributed by atoms with Gasteiger partial charge in [0.05, 0.1) is 6.10 Å². The van der Waals surface area contributed by atoms with Gasteiger partial charge in [0.15, 0.2) is 0 Å². The average molecular weight is 289 g/mol. The standard InChI is InChI=1S/C16H16FNOS/c17-14-3-1-2-4-16(14)20-13-7-10-19-15(11-13)12-5-8-18-9-6-12/h1-6,8-9,13,15H,7,10-11H2/t13-,15+/m0/s1. The number of benzene rings is 1. The highest BCUT2D eigenvalue weighted by Gasteiger charge is 2.25. The van der Waals surface area contributed by atoms with Gasteiger partial charge in [-0.3, -0.25) is 4.98 Å². The van der Waals surface area contributed by atoms with Crippen LogP contribution in [-0.4, -0.2) is 16.8 Å². The van der Waals surface area contributed by atoms with E-state index in [-0.39, 0.29) is 11.9 Å². The molecule has 0 radical (unpaired) electrons. The Labute approximate surface area is 122 Å². The van der Waals surface area contributed by atoms with Crippen molar-refractivity contribution in [2.45, 2.75) is 29.1 Å². The fourth-order valence-corrected chi connectivity index (χ4v) is 3.59. The average Bonchev–Trinajstić information content (AvgIpc) is 2.51. The first kappa shape index (κ1) is 13.6. The molecule has 2 heterocycles. The highest BCUT2D eigenvalue weighted by molar-refractivity contribution is 8.00. The van der Waals surface area contributed by atoms with Crippen LogP contribution in [-0.2, 0) is 4.74 Å². The Morgan fingerprint density at radius 1 is 1.15 bits per heavy atom. The first-order valence-electron chi connectivity index (χ1n) is 6.75. The summed E-state index contributed by atoms with van der Waals surface area (Å²) < 4.78 is 19.5. The molecule has 2 atom stereocenters. The fourth-order valence-electron chi connectivity index (χ4n) is 2.40. The van der Waals surface area contributed by atoms with Crippen LogP contribution in [0.25, 0.3) is 0 Å². The van der Waals surface area contributed by atoms with Crippen molar-refractivity contribution in [3.05, 3.63) is 60.2 Å². The van der Waals surface area contributed by atoms with E-state index < -0.39 is 0 Å². The number of hydrogen-bond donors (Lipinski definition) is 0. The van der Waals surface area contributed by atoms with Crippen molar-refractivity contribution in [2.75, 3.05) is 6.61 Å². The van der Waals surface area contributed by atoms with Crippen LogP contribution in [0.15, 0.2) is 53.7 Å². The number of thioether (sulfide) groups is 1. The van der Waals surface area contributed by atoms with Crippen molar-refractivity contribution in [1.82, 2.24) is 4.98 Å². The lowest BCUT2D eigenvalue weighted by atomic mass is 10.0.